The number of rotatable bonds is 3. The number of carbonyl (C=O) groups excluding carboxylic acids is 2. The first-order chi connectivity index (χ1) is 7.20. The van der Waals surface area contributed by atoms with E-state index in [0.717, 1.165) is 19.3 Å². The predicted molar refractivity (Wildman–Crippen MR) is 53.1 cm³/mol. The van der Waals surface area contributed by atoms with Gasteiger partial charge in [0.25, 0.3) is 0 Å². The van der Waals surface area contributed by atoms with E-state index in [2.05, 4.69) is 4.74 Å². The number of carbonyl (C=O) groups is 2. The molecule has 0 saturated carbocycles. The second kappa shape index (κ2) is 5.70. The number of aliphatic hydroxyl groups excluding tert-OH is 1. The first kappa shape index (κ1) is 12.0. The summed E-state index contributed by atoms with van der Waals surface area (Å²) in [4.78, 5) is 24.2. The number of hydrogen-bond acceptors (Lipinski definition) is 4. The van der Waals surface area contributed by atoms with Gasteiger partial charge < -0.3 is 14.7 Å². The minimum Gasteiger partial charge on any atom is -0.462 e. The minimum atomic E-state index is -0.800. The summed E-state index contributed by atoms with van der Waals surface area (Å²) in [5.74, 6) is -1.36. The Bertz CT molecular complexity index is 242. The maximum absolute atomic E-state index is 11.5. The molecule has 0 spiro atoms. The Balaban J connectivity index is 2.52. The second-order valence-corrected chi connectivity index (χ2v) is 3.65. The highest BCUT2D eigenvalue weighted by Gasteiger charge is 2.32. The number of methoxy groups -OCH3 is 1. The lowest BCUT2D eigenvalue weighted by Gasteiger charge is -2.22. The van der Waals surface area contributed by atoms with Crippen LogP contribution in [0.1, 0.15) is 25.7 Å². The fourth-order valence-electron chi connectivity index (χ4n) is 1.93. The predicted octanol–water partition coefficient (Wildman–Crippen LogP) is -0.0771. The van der Waals surface area contributed by atoms with Gasteiger partial charge in [0.1, 0.15) is 0 Å². The van der Waals surface area contributed by atoms with E-state index in [0.29, 0.717) is 13.0 Å². The van der Waals surface area contributed by atoms with Crippen LogP contribution in [0.15, 0.2) is 0 Å². The van der Waals surface area contributed by atoms with Gasteiger partial charge in [-0.2, -0.15) is 0 Å². The summed E-state index contributed by atoms with van der Waals surface area (Å²) >= 11 is 0. The van der Waals surface area contributed by atoms with E-state index in [-0.39, 0.29) is 12.6 Å². The second-order valence-electron chi connectivity index (χ2n) is 3.65. The molecule has 0 bridgehead atoms. The SMILES string of the molecule is COC(=O)C(=O)N1CCCC1CCCO. The fraction of sp³-hybridized carbons (Fsp3) is 0.800. The van der Waals surface area contributed by atoms with Crippen molar-refractivity contribution in [1.82, 2.24) is 4.90 Å². The van der Waals surface area contributed by atoms with E-state index >= 15 is 0 Å². The quantitative estimate of drug-likeness (QED) is 0.528. The molecule has 1 atom stereocenters. The summed E-state index contributed by atoms with van der Waals surface area (Å²) in [6.07, 6.45) is 3.23. The summed E-state index contributed by atoms with van der Waals surface area (Å²) in [6.45, 7) is 0.737. The van der Waals surface area contributed by atoms with Gasteiger partial charge in [0.05, 0.1) is 7.11 Å². The summed E-state index contributed by atoms with van der Waals surface area (Å²) in [5.41, 5.74) is 0. The average Bonchev–Trinajstić information content (AvgIpc) is 2.72. The van der Waals surface area contributed by atoms with E-state index in [9.17, 15) is 9.59 Å². The number of esters is 1. The highest BCUT2D eigenvalue weighted by Crippen LogP contribution is 2.21. The Morgan fingerprint density at radius 3 is 2.87 bits per heavy atom. The number of ether oxygens (including phenoxy) is 1. The maximum Gasteiger partial charge on any atom is 0.396 e. The van der Waals surface area contributed by atoms with Gasteiger partial charge in [-0.3, -0.25) is 4.79 Å². The first-order valence-corrected chi connectivity index (χ1v) is 5.20. The molecule has 1 unspecified atom stereocenters. The van der Waals surface area contributed by atoms with Gasteiger partial charge in [-0.15, -0.1) is 0 Å². The molecule has 5 nitrogen and oxygen atoms in total. The number of amides is 1. The van der Waals surface area contributed by atoms with Crippen molar-refractivity contribution < 1.29 is 19.4 Å². The number of likely N-dealkylation sites (tertiary alicyclic amines) is 1. The lowest BCUT2D eigenvalue weighted by Crippen LogP contribution is -2.40. The molecule has 0 aromatic carbocycles. The normalized spacial score (nSPS) is 20.4. The molecule has 1 aliphatic rings. The van der Waals surface area contributed by atoms with E-state index < -0.39 is 11.9 Å². The van der Waals surface area contributed by atoms with Crippen LogP contribution in [0.25, 0.3) is 0 Å². The molecule has 5 heteroatoms. The molecule has 1 N–H and O–H groups in total. The van der Waals surface area contributed by atoms with Crippen molar-refractivity contribution in [2.75, 3.05) is 20.3 Å². The van der Waals surface area contributed by atoms with Gasteiger partial charge in [0, 0.05) is 19.2 Å². The Kier molecular flexibility index (Phi) is 4.55. The molecule has 0 aromatic heterocycles. The van der Waals surface area contributed by atoms with Crippen molar-refractivity contribution in [3.8, 4) is 0 Å². The van der Waals surface area contributed by atoms with Crippen LogP contribution < -0.4 is 0 Å². The third kappa shape index (κ3) is 2.92. The molecule has 1 saturated heterocycles. The summed E-state index contributed by atoms with van der Waals surface area (Å²) < 4.78 is 4.40. The minimum absolute atomic E-state index is 0.0868. The number of nitrogens with zero attached hydrogens (tertiary/aromatic N) is 1. The van der Waals surface area contributed by atoms with Crippen LogP contribution in [0.2, 0.25) is 0 Å². The van der Waals surface area contributed by atoms with Gasteiger partial charge in [-0.05, 0) is 25.7 Å². The zero-order chi connectivity index (χ0) is 11.3. The van der Waals surface area contributed by atoms with Crippen molar-refractivity contribution in [2.45, 2.75) is 31.7 Å². The molecule has 0 aliphatic carbocycles. The fourth-order valence-corrected chi connectivity index (χ4v) is 1.93. The molecule has 86 valence electrons. The molecule has 1 aliphatic heterocycles. The largest absolute Gasteiger partial charge is 0.462 e. The third-order valence-electron chi connectivity index (χ3n) is 2.69. The topological polar surface area (TPSA) is 66.8 Å². The Morgan fingerprint density at radius 2 is 2.27 bits per heavy atom. The molecule has 1 fully saturated rings. The number of aliphatic hydroxyl groups is 1. The van der Waals surface area contributed by atoms with Crippen molar-refractivity contribution in [2.24, 2.45) is 0 Å². The molecule has 1 amide bonds. The average molecular weight is 215 g/mol. The van der Waals surface area contributed by atoms with Crippen molar-refractivity contribution in [1.29, 1.82) is 0 Å². The molecular weight excluding hydrogens is 198 g/mol. The smallest absolute Gasteiger partial charge is 0.396 e. The Hall–Kier alpha value is -1.10. The Morgan fingerprint density at radius 1 is 1.53 bits per heavy atom. The van der Waals surface area contributed by atoms with Crippen LogP contribution in [0, 0.1) is 0 Å². The molecule has 0 aromatic rings. The van der Waals surface area contributed by atoms with Crippen LogP contribution in [-0.4, -0.2) is 48.2 Å². The van der Waals surface area contributed by atoms with Gasteiger partial charge in [-0.25, -0.2) is 4.79 Å². The zero-order valence-electron chi connectivity index (χ0n) is 8.94. The van der Waals surface area contributed by atoms with Crippen molar-refractivity contribution in [3.63, 3.8) is 0 Å². The van der Waals surface area contributed by atoms with Gasteiger partial charge >= 0.3 is 11.9 Å². The van der Waals surface area contributed by atoms with Gasteiger partial charge in [0.15, 0.2) is 0 Å². The third-order valence-corrected chi connectivity index (χ3v) is 2.69. The zero-order valence-corrected chi connectivity index (χ0v) is 8.94. The molecule has 0 radical (unpaired) electrons. The number of hydrogen-bond donors (Lipinski definition) is 1. The van der Waals surface area contributed by atoms with E-state index in [1.54, 1.807) is 4.90 Å². The summed E-state index contributed by atoms with van der Waals surface area (Å²) in [6, 6.07) is 0.0868. The van der Waals surface area contributed by atoms with Gasteiger partial charge in [0.2, 0.25) is 0 Å². The monoisotopic (exact) mass is 215 g/mol. The van der Waals surface area contributed by atoms with Crippen LogP contribution >= 0.6 is 0 Å². The Labute approximate surface area is 89.0 Å². The van der Waals surface area contributed by atoms with E-state index in [1.165, 1.54) is 7.11 Å². The summed E-state index contributed by atoms with van der Waals surface area (Å²) in [7, 11) is 1.21. The van der Waals surface area contributed by atoms with E-state index in [4.69, 9.17) is 5.11 Å². The molecular formula is C10H17NO4. The highest BCUT2D eigenvalue weighted by molar-refractivity contribution is 6.32. The van der Waals surface area contributed by atoms with E-state index in [1.807, 2.05) is 0 Å². The standard InChI is InChI=1S/C10H17NO4/c1-15-10(14)9(13)11-6-2-4-8(11)5-3-7-12/h8,12H,2-7H2,1H3. The molecule has 15 heavy (non-hydrogen) atoms. The molecule has 1 heterocycles. The maximum atomic E-state index is 11.5. The van der Waals surface area contributed by atoms with Crippen LogP contribution in [-0.2, 0) is 14.3 Å². The van der Waals surface area contributed by atoms with Crippen molar-refractivity contribution in [3.05, 3.63) is 0 Å². The summed E-state index contributed by atoms with van der Waals surface area (Å²) in [5, 5.41) is 8.71. The lowest BCUT2D eigenvalue weighted by molar-refractivity contribution is -0.158. The van der Waals surface area contributed by atoms with Crippen LogP contribution in [0.5, 0.6) is 0 Å². The van der Waals surface area contributed by atoms with Gasteiger partial charge in [-0.1, -0.05) is 0 Å². The lowest BCUT2D eigenvalue weighted by atomic mass is 10.1. The van der Waals surface area contributed by atoms with Crippen molar-refractivity contribution >= 4 is 11.9 Å². The highest BCUT2D eigenvalue weighted by atomic mass is 16.5. The first-order valence-electron chi connectivity index (χ1n) is 5.20. The molecule has 1 rings (SSSR count). The van der Waals surface area contributed by atoms with Crippen LogP contribution in [0.3, 0.4) is 0 Å². The van der Waals surface area contributed by atoms with Crippen LogP contribution in [0.4, 0.5) is 0 Å².